The quantitative estimate of drug-likeness (QED) is 0.489. The number of anilines is 1. The molecule has 0 aliphatic heterocycles. The van der Waals surface area contributed by atoms with E-state index in [2.05, 4.69) is 14.2 Å². The van der Waals surface area contributed by atoms with Gasteiger partial charge in [0.1, 0.15) is 5.75 Å². The molecule has 7 nitrogen and oxygen atoms in total. The topological polar surface area (TPSA) is 98.8 Å². The molecule has 0 fully saturated rings. The van der Waals surface area contributed by atoms with Gasteiger partial charge in [-0.15, -0.1) is 0 Å². The third-order valence-corrected chi connectivity index (χ3v) is 4.13. The van der Waals surface area contributed by atoms with Crippen molar-refractivity contribution >= 4 is 38.5 Å². The molecule has 1 N–H and O–H groups in total. The largest absolute Gasteiger partial charge is 0.534 e. The van der Waals surface area contributed by atoms with Gasteiger partial charge in [-0.25, -0.2) is 4.79 Å². The number of fused-ring (bicyclic) bond motifs is 1. The SMILES string of the molecule is COC(=O)c1cc2ccc(OS(=O)(=O)C(F)(F)F)cc2cc1NC(C)=O. The van der Waals surface area contributed by atoms with Crippen LogP contribution in [0.2, 0.25) is 0 Å². The van der Waals surface area contributed by atoms with Gasteiger partial charge in [0.25, 0.3) is 0 Å². The molecule has 0 aliphatic rings. The zero-order chi connectivity index (χ0) is 19.7. The second-order valence-corrected chi connectivity index (χ2v) is 6.60. The maximum atomic E-state index is 12.4. The summed E-state index contributed by atoms with van der Waals surface area (Å²) in [7, 11) is -4.68. The minimum atomic E-state index is -5.82. The van der Waals surface area contributed by atoms with Gasteiger partial charge in [-0.1, -0.05) is 6.07 Å². The fraction of sp³-hybridized carbons (Fsp3) is 0.200. The Balaban J connectivity index is 2.55. The molecular formula is C15H12F3NO6S. The Morgan fingerprint density at radius 2 is 1.73 bits per heavy atom. The molecule has 2 aromatic carbocycles. The lowest BCUT2D eigenvalue weighted by Gasteiger charge is -2.12. The van der Waals surface area contributed by atoms with Crippen molar-refractivity contribution in [3.63, 3.8) is 0 Å². The minimum absolute atomic E-state index is 0.0202. The van der Waals surface area contributed by atoms with Gasteiger partial charge in [0, 0.05) is 6.92 Å². The van der Waals surface area contributed by atoms with E-state index in [0.29, 0.717) is 5.39 Å². The van der Waals surface area contributed by atoms with Crippen molar-refractivity contribution in [2.45, 2.75) is 12.4 Å². The van der Waals surface area contributed by atoms with E-state index < -0.39 is 33.3 Å². The van der Waals surface area contributed by atoms with Gasteiger partial charge >= 0.3 is 21.6 Å². The number of carbonyl (C=O) groups excluding carboxylic acids is 2. The number of rotatable bonds is 4. The molecule has 0 aliphatic carbocycles. The molecule has 1 amide bonds. The molecule has 11 heteroatoms. The van der Waals surface area contributed by atoms with E-state index in [-0.39, 0.29) is 16.6 Å². The summed E-state index contributed by atoms with van der Waals surface area (Å²) < 4.78 is 68.1. The lowest BCUT2D eigenvalue weighted by atomic mass is 10.0. The van der Waals surface area contributed by atoms with E-state index in [1.807, 2.05) is 0 Å². The highest BCUT2D eigenvalue weighted by molar-refractivity contribution is 7.88. The van der Waals surface area contributed by atoms with Crippen LogP contribution >= 0.6 is 0 Å². The van der Waals surface area contributed by atoms with Gasteiger partial charge in [-0.2, -0.15) is 21.6 Å². The van der Waals surface area contributed by atoms with Crippen LogP contribution in [-0.4, -0.2) is 32.9 Å². The molecule has 2 rings (SSSR count). The zero-order valence-electron chi connectivity index (χ0n) is 13.4. The van der Waals surface area contributed by atoms with Crippen LogP contribution in [0.4, 0.5) is 18.9 Å². The summed E-state index contributed by atoms with van der Waals surface area (Å²) in [5, 5.41) is 3.01. The van der Waals surface area contributed by atoms with Gasteiger partial charge < -0.3 is 14.2 Å². The Bertz CT molecular complexity index is 985. The minimum Gasteiger partial charge on any atom is -0.465 e. The van der Waals surface area contributed by atoms with Gasteiger partial charge in [-0.3, -0.25) is 4.79 Å². The van der Waals surface area contributed by atoms with Crippen molar-refractivity contribution in [3.8, 4) is 5.75 Å². The van der Waals surface area contributed by atoms with Crippen molar-refractivity contribution in [1.29, 1.82) is 0 Å². The summed E-state index contributed by atoms with van der Waals surface area (Å²) in [4.78, 5) is 23.1. The third kappa shape index (κ3) is 4.04. The number of halogens is 3. The normalized spacial score (nSPS) is 11.9. The molecule has 2 aromatic rings. The molecule has 26 heavy (non-hydrogen) atoms. The van der Waals surface area contributed by atoms with Crippen molar-refractivity contribution in [2.75, 3.05) is 12.4 Å². The zero-order valence-corrected chi connectivity index (χ0v) is 14.2. The second kappa shape index (κ2) is 6.83. The molecule has 0 radical (unpaired) electrons. The van der Waals surface area contributed by atoms with Gasteiger partial charge in [-0.05, 0) is 35.0 Å². The number of methoxy groups -OCH3 is 1. The van der Waals surface area contributed by atoms with Crippen LogP contribution < -0.4 is 9.50 Å². The average molecular weight is 391 g/mol. The fourth-order valence-corrected chi connectivity index (χ4v) is 2.52. The van der Waals surface area contributed by atoms with Crippen molar-refractivity contribution in [1.82, 2.24) is 0 Å². The predicted molar refractivity (Wildman–Crippen MR) is 85.2 cm³/mol. The lowest BCUT2D eigenvalue weighted by molar-refractivity contribution is -0.114. The number of alkyl halides is 3. The predicted octanol–water partition coefficient (Wildman–Crippen LogP) is 2.81. The molecule has 0 heterocycles. The smallest absolute Gasteiger partial charge is 0.465 e. The molecule has 0 spiro atoms. The van der Waals surface area contributed by atoms with Gasteiger partial charge in [0.15, 0.2) is 0 Å². The first-order chi connectivity index (χ1) is 11.9. The number of ether oxygens (including phenoxy) is 1. The lowest BCUT2D eigenvalue weighted by Crippen LogP contribution is -2.28. The van der Waals surface area contributed by atoms with E-state index in [0.717, 1.165) is 19.2 Å². The monoisotopic (exact) mass is 391 g/mol. The number of amides is 1. The maximum absolute atomic E-state index is 12.4. The summed E-state index contributed by atoms with van der Waals surface area (Å²) in [6.45, 7) is 1.20. The van der Waals surface area contributed by atoms with E-state index in [9.17, 15) is 31.2 Å². The Labute approximate surface area is 145 Å². The van der Waals surface area contributed by atoms with Crippen molar-refractivity contribution in [3.05, 3.63) is 35.9 Å². The average Bonchev–Trinajstić information content (AvgIpc) is 2.51. The first-order valence-electron chi connectivity index (χ1n) is 6.89. The van der Waals surface area contributed by atoms with E-state index >= 15 is 0 Å². The third-order valence-electron chi connectivity index (χ3n) is 3.15. The molecule has 0 unspecified atom stereocenters. The molecule has 140 valence electrons. The first kappa shape index (κ1) is 19.5. The summed E-state index contributed by atoms with van der Waals surface area (Å²) >= 11 is 0. The molecule has 0 bridgehead atoms. The maximum Gasteiger partial charge on any atom is 0.534 e. The number of benzene rings is 2. The van der Waals surface area contributed by atoms with E-state index in [1.165, 1.54) is 25.1 Å². The van der Waals surface area contributed by atoms with Crippen LogP contribution in [0.3, 0.4) is 0 Å². The van der Waals surface area contributed by atoms with Gasteiger partial charge in [0.05, 0.1) is 18.4 Å². The van der Waals surface area contributed by atoms with Crippen LogP contribution in [0.1, 0.15) is 17.3 Å². The number of nitrogens with one attached hydrogen (secondary N) is 1. The Morgan fingerprint density at radius 1 is 1.08 bits per heavy atom. The molecule has 0 aromatic heterocycles. The fourth-order valence-electron chi connectivity index (χ4n) is 2.07. The second-order valence-electron chi connectivity index (χ2n) is 5.06. The van der Waals surface area contributed by atoms with Crippen LogP contribution in [0, 0.1) is 0 Å². The van der Waals surface area contributed by atoms with Crippen molar-refractivity contribution in [2.24, 2.45) is 0 Å². The number of esters is 1. The number of hydrogen-bond acceptors (Lipinski definition) is 6. The standard InChI is InChI=1S/C15H12F3NO6S/c1-8(20)19-13-7-10-5-11(25-26(22,23)15(16,17)18)4-3-9(10)6-12(13)14(21)24-2/h3-7H,1-2H3,(H,19,20). The summed E-state index contributed by atoms with van der Waals surface area (Å²) in [6, 6.07) is 5.93. The van der Waals surface area contributed by atoms with Crippen LogP contribution in [0.5, 0.6) is 5.75 Å². The highest BCUT2D eigenvalue weighted by Crippen LogP contribution is 2.31. The summed E-state index contributed by atoms with van der Waals surface area (Å²) in [6.07, 6.45) is 0. The van der Waals surface area contributed by atoms with E-state index in [1.54, 1.807) is 0 Å². The van der Waals surface area contributed by atoms with Crippen molar-refractivity contribution < 1.29 is 40.1 Å². The Morgan fingerprint density at radius 3 is 2.27 bits per heavy atom. The molecular weight excluding hydrogens is 379 g/mol. The molecule has 0 saturated carbocycles. The van der Waals surface area contributed by atoms with Gasteiger partial charge in [0.2, 0.25) is 5.91 Å². The Kier molecular flexibility index (Phi) is 5.12. The van der Waals surface area contributed by atoms with Crippen LogP contribution in [0.15, 0.2) is 30.3 Å². The molecule has 0 atom stereocenters. The molecule has 0 saturated heterocycles. The van der Waals surface area contributed by atoms with Crippen LogP contribution in [0.25, 0.3) is 10.8 Å². The highest BCUT2D eigenvalue weighted by atomic mass is 32.2. The number of hydrogen-bond donors (Lipinski definition) is 1. The van der Waals surface area contributed by atoms with E-state index in [4.69, 9.17) is 0 Å². The summed E-state index contributed by atoms with van der Waals surface area (Å²) in [5.74, 6) is -1.81. The van der Waals surface area contributed by atoms with Crippen LogP contribution in [-0.2, 0) is 19.6 Å². The summed E-state index contributed by atoms with van der Waals surface area (Å²) in [5.41, 5.74) is -5.50. The number of carbonyl (C=O) groups is 2. The first-order valence-corrected chi connectivity index (χ1v) is 8.30. The Hall–Kier alpha value is -2.82. The highest BCUT2D eigenvalue weighted by Gasteiger charge is 2.48.